The average Bonchev–Trinajstić information content (AvgIpc) is 3.11. The van der Waals surface area contributed by atoms with Gasteiger partial charge < -0.3 is 15.7 Å². The van der Waals surface area contributed by atoms with Gasteiger partial charge in [0.2, 0.25) is 0 Å². The summed E-state index contributed by atoms with van der Waals surface area (Å²) in [5.74, 6) is 1.85. The monoisotopic (exact) mass is 252 g/mol. The van der Waals surface area contributed by atoms with Gasteiger partial charge in [-0.25, -0.2) is 9.59 Å². The highest BCUT2D eigenvalue weighted by Gasteiger charge is 2.26. The Balaban J connectivity index is 2.37. The van der Waals surface area contributed by atoms with Crippen LogP contribution in [0.5, 0.6) is 0 Å². The molecule has 0 aromatic rings. The third-order valence-electron chi connectivity index (χ3n) is 3.07. The minimum atomic E-state index is -1.11. The van der Waals surface area contributed by atoms with E-state index in [-0.39, 0.29) is 12.5 Å². The van der Waals surface area contributed by atoms with E-state index in [0.29, 0.717) is 0 Å². The first-order valence-electron chi connectivity index (χ1n) is 6.30. The molecule has 0 heterocycles. The molecule has 1 saturated carbocycles. The number of terminal acetylenes is 1. The van der Waals surface area contributed by atoms with Crippen LogP contribution in [-0.4, -0.2) is 29.2 Å². The van der Waals surface area contributed by atoms with Crippen molar-refractivity contribution < 1.29 is 14.7 Å². The SMILES string of the molecule is C#CCC(NC(=O)NC(CC)CC1CC1)C(=O)O. The van der Waals surface area contributed by atoms with Gasteiger partial charge >= 0.3 is 12.0 Å². The number of aliphatic carboxylic acids is 1. The van der Waals surface area contributed by atoms with E-state index in [1.54, 1.807) is 0 Å². The van der Waals surface area contributed by atoms with Crippen LogP contribution in [0.1, 0.15) is 39.0 Å². The third kappa shape index (κ3) is 5.09. The van der Waals surface area contributed by atoms with Crippen LogP contribution in [0.3, 0.4) is 0 Å². The lowest BCUT2D eigenvalue weighted by Crippen LogP contribution is -2.48. The summed E-state index contributed by atoms with van der Waals surface area (Å²) in [5, 5.41) is 14.0. The standard InChI is InChI=1S/C13H20N2O3/c1-3-5-11(12(16)17)15-13(18)14-10(4-2)8-9-6-7-9/h1,9-11H,4-8H2,2H3,(H,16,17)(H2,14,15,18). The van der Waals surface area contributed by atoms with Crippen molar-refractivity contribution in [2.24, 2.45) is 5.92 Å². The van der Waals surface area contributed by atoms with Crippen LogP contribution < -0.4 is 10.6 Å². The Morgan fingerprint density at radius 1 is 1.44 bits per heavy atom. The molecule has 2 unspecified atom stereocenters. The van der Waals surface area contributed by atoms with Crippen molar-refractivity contribution in [1.29, 1.82) is 0 Å². The van der Waals surface area contributed by atoms with Crippen LogP contribution in [-0.2, 0) is 4.79 Å². The Morgan fingerprint density at radius 3 is 2.56 bits per heavy atom. The maximum absolute atomic E-state index is 11.6. The number of rotatable bonds is 7. The first kappa shape index (κ1) is 14.4. The molecule has 5 heteroatoms. The number of urea groups is 1. The fourth-order valence-corrected chi connectivity index (χ4v) is 1.79. The van der Waals surface area contributed by atoms with Crippen LogP contribution in [0.4, 0.5) is 4.79 Å². The predicted octanol–water partition coefficient (Wildman–Crippen LogP) is 1.34. The van der Waals surface area contributed by atoms with Crippen LogP contribution >= 0.6 is 0 Å². The Kier molecular flexibility index (Phi) is 5.50. The summed E-state index contributed by atoms with van der Waals surface area (Å²) in [6.45, 7) is 2.00. The van der Waals surface area contributed by atoms with Gasteiger partial charge in [-0.1, -0.05) is 19.8 Å². The second-order valence-electron chi connectivity index (χ2n) is 4.70. The van der Waals surface area contributed by atoms with Crippen LogP contribution in [0.2, 0.25) is 0 Å². The van der Waals surface area contributed by atoms with Gasteiger partial charge in [0.25, 0.3) is 0 Å². The molecule has 2 amide bonds. The molecule has 0 saturated heterocycles. The quantitative estimate of drug-likeness (QED) is 0.598. The smallest absolute Gasteiger partial charge is 0.327 e. The number of carboxylic acid groups (broad SMARTS) is 1. The van der Waals surface area contributed by atoms with E-state index in [0.717, 1.165) is 18.8 Å². The van der Waals surface area contributed by atoms with E-state index >= 15 is 0 Å². The van der Waals surface area contributed by atoms with E-state index in [1.807, 2.05) is 6.92 Å². The maximum atomic E-state index is 11.6. The molecule has 0 spiro atoms. The van der Waals surface area contributed by atoms with Gasteiger partial charge in [0, 0.05) is 12.5 Å². The summed E-state index contributed by atoms with van der Waals surface area (Å²) in [4.78, 5) is 22.5. The Bertz CT molecular complexity index is 345. The summed E-state index contributed by atoms with van der Waals surface area (Å²) in [5.41, 5.74) is 0. The van der Waals surface area contributed by atoms with Crippen molar-refractivity contribution in [3.63, 3.8) is 0 Å². The van der Waals surface area contributed by atoms with E-state index in [1.165, 1.54) is 12.8 Å². The maximum Gasteiger partial charge on any atom is 0.327 e. The summed E-state index contributed by atoms with van der Waals surface area (Å²) in [7, 11) is 0. The van der Waals surface area contributed by atoms with Gasteiger partial charge in [-0.15, -0.1) is 12.3 Å². The van der Waals surface area contributed by atoms with E-state index in [2.05, 4.69) is 16.6 Å². The predicted molar refractivity (Wildman–Crippen MR) is 68.0 cm³/mol. The molecule has 1 aliphatic carbocycles. The molecular formula is C13H20N2O3. The van der Waals surface area contributed by atoms with Crippen molar-refractivity contribution in [2.45, 2.75) is 51.1 Å². The van der Waals surface area contributed by atoms with Crippen LogP contribution in [0.15, 0.2) is 0 Å². The minimum absolute atomic E-state index is 0.0117. The molecule has 0 radical (unpaired) electrons. The lowest BCUT2D eigenvalue weighted by Gasteiger charge is -2.19. The number of hydrogen-bond donors (Lipinski definition) is 3. The molecule has 0 aromatic heterocycles. The second-order valence-corrected chi connectivity index (χ2v) is 4.70. The van der Waals surface area contributed by atoms with Crippen molar-refractivity contribution in [1.82, 2.24) is 10.6 Å². The van der Waals surface area contributed by atoms with E-state index in [4.69, 9.17) is 11.5 Å². The number of carboxylic acids is 1. The first-order valence-corrected chi connectivity index (χ1v) is 6.30. The van der Waals surface area contributed by atoms with Gasteiger partial charge in [-0.05, 0) is 18.8 Å². The molecule has 0 bridgehead atoms. The van der Waals surface area contributed by atoms with Crippen molar-refractivity contribution in [3.05, 3.63) is 0 Å². The number of nitrogens with one attached hydrogen (secondary N) is 2. The van der Waals surface area contributed by atoms with Gasteiger partial charge in [-0.3, -0.25) is 0 Å². The topological polar surface area (TPSA) is 78.4 Å². The third-order valence-corrected chi connectivity index (χ3v) is 3.07. The van der Waals surface area contributed by atoms with Gasteiger partial charge in [0.1, 0.15) is 6.04 Å². The second kappa shape index (κ2) is 6.90. The van der Waals surface area contributed by atoms with Gasteiger partial charge in [0.05, 0.1) is 0 Å². The molecule has 1 fully saturated rings. The Morgan fingerprint density at radius 2 is 2.11 bits per heavy atom. The largest absolute Gasteiger partial charge is 0.480 e. The lowest BCUT2D eigenvalue weighted by molar-refractivity contribution is -0.139. The minimum Gasteiger partial charge on any atom is -0.480 e. The van der Waals surface area contributed by atoms with Crippen molar-refractivity contribution in [2.75, 3.05) is 0 Å². The first-order chi connectivity index (χ1) is 8.56. The molecule has 100 valence electrons. The average molecular weight is 252 g/mol. The fourth-order valence-electron chi connectivity index (χ4n) is 1.79. The number of carbonyl (C=O) groups is 2. The molecule has 1 rings (SSSR count). The zero-order chi connectivity index (χ0) is 13.5. The molecule has 2 atom stereocenters. The fraction of sp³-hybridized carbons (Fsp3) is 0.692. The van der Waals surface area contributed by atoms with Crippen molar-refractivity contribution in [3.8, 4) is 12.3 Å². The van der Waals surface area contributed by atoms with Crippen LogP contribution in [0, 0.1) is 18.3 Å². The zero-order valence-electron chi connectivity index (χ0n) is 10.6. The summed E-state index contributed by atoms with van der Waals surface area (Å²) >= 11 is 0. The molecule has 1 aliphatic rings. The molecule has 5 nitrogen and oxygen atoms in total. The van der Waals surface area contributed by atoms with E-state index < -0.39 is 18.0 Å². The highest BCUT2D eigenvalue weighted by Crippen LogP contribution is 2.33. The van der Waals surface area contributed by atoms with Crippen molar-refractivity contribution >= 4 is 12.0 Å². The number of hydrogen-bond acceptors (Lipinski definition) is 2. The highest BCUT2D eigenvalue weighted by molar-refractivity contribution is 5.82. The molecule has 18 heavy (non-hydrogen) atoms. The Hall–Kier alpha value is -1.70. The Labute approximate surface area is 107 Å². The lowest BCUT2D eigenvalue weighted by atomic mass is 10.1. The number of amides is 2. The van der Waals surface area contributed by atoms with Crippen LogP contribution in [0.25, 0.3) is 0 Å². The van der Waals surface area contributed by atoms with E-state index in [9.17, 15) is 9.59 Å². The molecule has 0 aromatic carbocycles. The molecule has 0 aliphatic heterocycles. The summed E-state index contributed by atoms with van der Waals surface area (Å²) in [6, 6.07) is -1.36. The zero-order valence-corrected chi connectivity index (χ0v) is 10.6. The van der Waals surface area contributed by atoms with Gasteiger partial charge in [0.15, 0.2) is 0 Å². The number of carbonyl (C=O) groups excluding carboxylic acids is 1. The highest BCUT2D eigenvalue weighted by atomic mass is 16.4. The molecule has 3 N–H and O–H groups in total. The molecular weight excluding hydrogens is 232 g/mol. The summed E-state index contributed by atoms with van der Waals surface area (Å²) < 4.78 is 0. The van der Waals surface area contributed by atoms with Gasteiger partial charge in [-0.2, -0.15) is 0 Å². The summed E-state index contributed by atoms with van der Waals surface area (Å²) in [6.07, 6.45) is 9.32. The normalized spacial score (nSPS) is 17.3.